The lowest BCUT2D eigenvalue weighted by atomic mass is 9.84. The number of ether oxygens (including phenoxy) is 1. The van der Waals surface area contributed by atoms with Crippen molar-refractivity contribution in [3.8, 4) is 28.7 Å². The molecule has 0 aliphatic carbocycles. The maximum atomic E-state index is 9.71. The minimum atomic E-state index is -0.456. The molecule has 0 aliphatic heterocycles. The Labute approximate surface area is 202 Å². The number of rotatable bonds is 11. The van der Waals surface area contributed by atoms with Gasteiger partial charge in [-0.2, -0.15) is 5.26 Å². The first-order valence-electron chi connectivity index (χ1n) is 11.6. The number of anilines is 1. The second-order valence-electron chi connectivity index (χ2n) is 8.52. The molecule has 0 aromatic heterocycles. The lowest BCUT2D eigenvalue weighted by molar-refractivity contribution is -0.0532. The van der Waals surface area contributed by atoms with Gasteiger partial charge in [-0.25, -0.2) is 0 Å². The van der Waals surface area contributed by atoms with Crippen LogP contribution in [0.25, 0.3) is 11.1 Å². The van der Waals surface area contributed by atoms with E-state index in [9.17, 15) is 15.5 Å². The van der Waals surface area contributed by atoms with Crippen LogP contribution in [0, 0.1) is 11.3 Å². The summed E-state index contributed by atoms with van der Waals surface area (Å²) in [4.78, 5) is 0. The molecule has 3 N–H and O–H groups in total. The minimum Gasteiger partial charge on any atom is -0.508 e. The standard InChI is InChI=1S/C29H32N2O3/c1-4-13-29(14-5-2,34-20-21(3)31-26-16-27(32)18-28(33)17-26)25-11-9-23(10-12-25)24-8-6-7-22(15-24)19-30/h6-12,15-18,31-33H,3-5,13-14,20H2,1-2H3. The fourth-order valence-electron chi connectivity index (χ4n) is 4.32. The van der Waals surface area contributed by atoms with Gasteiger partial charge in [-0.3, -0.25) is 0 Å². The van der Waals surface area contributed by atoms with Gasteiger partial charge >= 0.3 is 0 Å². The van der Waals surface area contributed by atoms with Gasteiger partial charge in [0.1, 0.15) is 11.5 Å². The highest BCUT2D eigenvalue weighted by atomic mass is 16.5. The summed E-state index contributed by atoms with van der Waals surface area (Å²) in [5.74, 6) is -0.0501. The van der Waals surface area contributed by atoms with Crippen molar-refractivity contribution in [2.24, 2.45) is 0 Å². The third-order valence-corrected chi connectivity index (χ3v) is 5.79. The molecule has 0 atom stereocenters. The van der Waals surface area contributed by atoms with Crippen molar-refractivity contribution in [1.29, 1.82) is 5.26 Å². The van der Waals surface area contributed by atoms with Crippen molar-refractivity contribution < 1.29 is 14.9 Å². The van der Waals surface area contributed by atoms with Gasteiger partial charge in [0.05, 0.1) is 23.8 Å². The summed E-state index contributed by atoms with van der Waals surface area (Å²) in [6, 6.07) is 22.5. The Bertz CT molecular complexity index is 1140. The molecule has 3 aromatic carbocycles. The van der Waals surface area contributed by atoms with E-state index >= 15 is 0 Å². The minimum absolute atomic E-state index is 0.0251. The molecule has 3 aromatic rings. The molecule has 0 radical (unpaired) electrons. The Morgan fingerprint density at radius 3 is 2.18 bits per heavy atom. The molecular weight excluding hydrogens is 424 g/mol. The molecule has 0 spiro atoms. The Balaban J connectivity index is 1.80. The van der Waals surface area contributed by atoms with Crippen molar-refractivity contribution in [3.63, 3.8) is 0 Å². The monoisotopic (exact) mass is 456 g/mol. The van der Waals surface area contributed by atoms with E-state index in [2.05, 4.69) is 56.1 Å². The highest BCUT2D eigenvalue weighted by Gasteiger charge is 2.31. The predicted molar refractivity (Wildman–Crippen MR) is 137 cm³/mol. The number of hydrogen-bond acceptors (Lipinski definition) is 5. The van der Waals surface area contributed by atoms with Gasteiger partial charge in [0, 0.05) is 29.6 Å². The molecule has 0 saturated heterocycles. The van der Waals surface area contributed by atoms with E-state index in [4.69, 9.17) is 4.74 Å². The van der Waals surface area contributed by atoms with Crippen molar-refractivity contribution in [2.45, 2.75) is 45.1 Å². The first-order chi connectivity index (χ1) is 16.4. The predicted octanol–water partition coefficient (Wildman–Crippen LogP) is 7.07. The number of hydrogen-bond donors (Lipinski definition) is 3. The SMILES string of the molecule is C=C(COC(CCC)(CCC)c1ccc(-c2cccc(C#N)c2)cc1)Nc1cc(O)cc(O)c1. The third-order valence-electron chi connectivity index (χ3n) is 5.79. The molecule has 34 heavy (non-hydrogen) atoms. The van der Waals surface area contributed by atoms with Gasteiger partial charge in [0.25, 0.3) is 0 Å². The lowest BCUT2D eigenvalue weighted by Crippen LogP contribution is -2.31. The van der Waals surface area contributed by atoms with Crippen molar-refractivity contribution in [2.75, 3.05) is 11.9 Å². The van der Waals surface area contributed by atoms with Gasteiger partial charge < -0.3 is 20.3 Å². The average molecular weight is 457 g/mol. The molecule has 3 rings (SSSR count). The molecule has 0 aliphatic rings. The Morgan fingerprint density at radius 1 is 0.941 bits per heavy atom. The van der Waals surface area contributed by atoms with Crippen LogP contribution >= 0.6 is 0 Å². The smallest absolute Gasteiger partial charge is 0.121 e. The van der Waals surface area contributed by atoms with E-state index in [-0.39, 0.29) is 18.1 Å². The molecule has 5 heteroatoms. The highest BCUT2D eigenvalue weighted by molar-refractivity contribution is 5.65. The molecule has 0 heterocycles. The summed E-state index contributed by atoms with van der Waals surface area (Å²) < 4.78 is 6.54. The summed E-state index contributed by atoms with van der Waals surface area (Å²) >= 11 is 0. The molecule has 0 unspecified atom stereocenters. The Kier molecular flexibility index (Phi) is 8.34. The number of nitrogens with zero attached hydrogens (tertiary/aromatic N) is 1. The third kappa shape index (κ3) is 6.18. The maximum Gasteiger partial charge on any atom is 0.121 e. The number of nitriles is 1. The zero-order valence-corrected chi connectivity index (χ0v) is 19.8. The average Bonchev–Trinajstić information content (AvgIpc) is 2.82. The molecule has 0 fully saturated rings. The Hall–Kier alpha value is -3.75. The second-order valence-corrected chi connectivity index (χ2v) is 8.52. The van der Waals surface area contributed by atoms with E-state index in [1.54, 1.807) is 6.07 Å². The van der Waals surface area contributed by atoms with Crippen LogP contribution < -0.4 is 5.32 Å². The van der Waals surface area contributed by atoms with Crippen molar-refractivity contribution in [1.82, 2.24) is 0 Å². The fraction of sp³-hybridized carbons (Fsp3) is 0.276. The number of phenolic OH excluding ortho intramolecular Hbond substituents is 2. The van der Waals surface area contributed by atoms with Crippen LogP contribution in [0.5, 0.6) is 11.5 Å². The quantitative estimate of drug-likeness (QED) is 0.287. The molecule has 5 nitrogen and oxygen atoms in total. The number of aromatic hydroxyl groups is 2. The first kappa shape index (κ1) is 24.9. The van der Waals surface area contributed by atoms with Crippen LogP contribution in [-0.2, 0) is 10.3 Å². The van der Waals surface area contributed by atoms with Gasteiger partial charge in [0.2, 0.25) is 0 Å². The van der Waals surface area contributed by atoms with E-state index in [1.807, 2.05) is 18.2 Å². The van der Waals surface area contributed by atoms with E-state index in [0.717, 1.165) is 42.4 Å². The lowest BCUT2D eigenvalue weighted by Gasteiger charge is -2.35. The fourth-order valence-corrected chi connectivity index (χ4v) is 4.32. The van der Waals surface area contributed by atoms with Crippen LogP contribution in [0.3, 0.4) is 0 Å². The highest BCUT2D eigenvalue weighted by Crippen LogP contribution is 2.37. The summed E-state index contributed by atoms with van der Waals surface area (Å²) in [5.41, 5.74) is 4.54. The van der Waals surface area contributed by atoms with Crippen LogP contribution in [0.1, 0.15) is 50.7 Å². The number of phenols is 2. The largest absolute Gasteiger partial charge is 0.508 e. The molecule has 0 amide bonds. The Morgan fingerprint density at radius 2 is 1.59 bits per heavy atom. The zero-order valence-electron chi connectivity index (χ0n) is 19.8. The van der Waals surface area contributed by atoms with Gasteiger partial charge in [-0.15, -0.1) is 0 Å². The number of benzene rings is 3. The summed E-state index contributed by atoms with van der Waals surface area (Å²) in [5, 5.41) is 31.7. The van der Waals surface area contributed by atoms with Crippen molar-refractivity contribution in [3.05, 3.63) is 90.1 Å². The molecule has 0 bridgehead atoms. The van der Waals surface area contributed by atoms with Gasteiger partial charge in [-0.1, -0.05) is 69.7 Å². The van der Waals surface area contributed by atoms with E-state index in [1.165, 1.54) is 18.2 Å². The first-order valence-corrected chi connectivity index (χ1v) is 11.6. The molecular formula is C29H32N2O3. The molecule has 0 saturated carbocycles. The summed E-state index contributed by atoms with van der Waals surface area (Å²) in [6.45, 7) is 8.65. The van der Waals surface area contributed by atoms with Gasteiger partial charge in [0.15, 0.2) is 0 Å². The topological polar surface area (TPSA) is 85.5 Å². The normalized spacial score (nSPS) is 11.1. The van der Waals surface area contributed by atoms with Crippen LogP contribution in [0.2, 0.25) is 0 Å². The van der Waals surface area contributed by atoms with Crippen molar-refractivity contribution >= 4 is 5.69 Å². The maximum absolute atomic E-state index is 9.71. The van der Waals surface area contributed by atoms with E-state index < -0.39 is 5.60 Å². The van der Waals surface area contributed by atoms with Crippen LogP contribution in [0.4, 0.5) is 5.69 Å². The molecule has 176 valence electrons. The number of nitrogens with one attached hydrogen (secondary N) is 1. The van der Waals surface area contributed by atoms with E-state index in [0.29, 0.717) is 16.9 Å². The van der Waals surface area contributed by atoms with Crippen LogP contribution in [0.15, 0.2) is 79.0 Å². The zero-order chi connectivity index (χ0) is 24.6. The summed E-state index contributed by atoms with van der Waals surface area (Å²) in [6.07, 6.45) is 3.66. The van der Waals surface area contributed by atoms with Gasteiger partial charge in [-0.05, 0) is 41.7 Å². The van der Waals surface area contributed by atoms with Crippen LogP contribution in [-0.4, -0.2) is 16.8 Å². The second kappa shape index (κ2) is 11.4. The summed E-state index contributed by atoms with van der Waals surface area (Å²) in [7, 11) is 0.